The molecule has 0 radical (unpaired) electrons. The maximum Gasteiger partial charge on any atom is 0.304 e. The Morgan fingerprint density at radius 2 is 1.75 bits per heavy atom. The van der Waals surface area contributed by atoms with Crippen molar-refractivity contribution in [3.05, 3.63) is 75.2 Å². The first-order valence-electron chi connectivity index (χ1n) is 11.0. The molecule has 1 aliphatic rings. The summed E-state index contributed by atoms with van der Waals surface area (Å²) in [5.41, 5.74) is 6.95. The maximum atomic E-state index is 11.3. The van der Waals surface area contributed by atoms with Gasteiger partial charge in [-0.1, -0.05) is 58.0 Å². The average Bonchev–Trinajstić information content (AvgIpc) is 3.29. The van der Waals surface area contributed by atoms with Gasteiger partial charge in [-0.3, -0.25) is 4.79 Å². The summed E-state index contributed by atoms with van der Waals surface area (Å²) in [5.74, 6) is -0.401. The van der Waals surface area contributed by atoms with Gasteiger partial charge in [-0.2, -0.15) is 0 Å². The Morgan fingerprint density at radius 3 is 2.38 bits per heavy atom. The fraction of sp³-hybridized carbons (Fsp3) is 0.423. The van der Waals surface area contributed by atoms with Crippen LogP contribution in [0.3, 0.4) is 0 Å². The summed E-state index contributed by atoms with van der Waals surface area (Å²) in [4.78, 5) is 11.3. The summed E-state index contributed by atoms with van der Waals surface area (Å²) in [5, 5.41) is 17.9. The van der Waals surface area contributed by atoms with Gasteiger partial charge in [0.05, 0.1) is 6.42 Å². The van der Waals surface area contributed by atoms with Crippen molar-refractivity contribution in [1.29, 1.82) is 0 Å². The number of hydrogen-bond donors (Lipinski definition) is 1. The molecule has 3 aromatic rings. The van der Waals surface area contributed by atoms with E-state index < -0.39 is 5.97 Å². The number of aliphatic carboxylic acids is 1. The zero-order valence-electron chi connectivity index (χ0n) is 19.1. The number of ether oxygens (including phenoxy) is 1. The minimum absolute atomic E-state index is 0.0172. The topological polar surface area (TPSA) is 72.3 Å². The van der Waals surface area contributed by atoms with Crippen molar-refractivity contribution < 1.29 is 14.6 Å². The van der Waals surface area contributed by atoms with E-state index in [9.17, 15) is 9.90 Å². The van der Waals surface area contributed by atoms with Crippen molar-refractivity contribution in [2.45, 2.75) is 70.3 Å². The van der Waals surface area contributed by atoms with Crippen molar-refractivity contribution in [3.63, 3.8) is 0 Å². The lowest BCUT2D eigenvalue weighted by molar-refractivity contribution is -0.137. The van der Waals surface area contributed by atoms with E-state index in [2.05, 4.69) is 56.1 Å². The van der Waals surface area contributed by atoms with Crippen molar-refractivity contribution in [2.75, 3.05) is 0 Å². The molecule has 6 heteroatoms. The van der Waals surface area contributed by atoms with Crippen LogP contribution in [0.5, 0.6) is 5.75 Å². The van der Waals surface area contributed by atoms with Crippen LogP contribution >= 0.6 is 11.3 Å². The molecule has 0 aliphatic heterocycles. The lowest BCUT2D eigenvalue weighted by Gasteiger charge is -2.42. The van der Waals surface area contributed by atoms with E-state index >= 15 is 0 Å². The van der Waals surface area contributed by atoms with Crippen molar-refractivity contribution in [2.24, 2.45) is 0 Å². The number of carboxylic acid groups (broad SMARTS) is 1. The zero-order valence-corrected chi connectivity index (χ0v) is 19.9. The molecule has 2 aromatic carbocycles. The number of carboxylic acids is 1. The summed E-state index contributed by atoms with van der Waals surface area (Å²) in [6.07, 6.45) is 2.37. The van der Waals surface area contributed by atoms with Gasteiger partial charge >= 0.3 is 5.97 Å². The summed E-state index contributed by atoms with van der Waals surface area (Å²) in [7, 11) is 0. The number of nitrogens with zero attached hydrogens (tertiary/aromatic N) is 2. The highest BCUT2D eigenvalue weighted by molar-refractivity contribution is 7.09. The third-order valence-electron chi connectivity index (χ3n) is 6.66. The van der Waals surface area contributed by atoms with Crippen LogP contribution in [0, 0.1) is 0 Å². The first-order chi connectivity index (χ1) is 15.2. The van der Waals surface area contributed by atoms with Crippen LogP contribution in [0.1, 0.15) is 80.1 Å². The van der Waals surface area contributed by atoms with Gasteiger partial charge in [-0.05, 0) is 58.1 Å². The molecule has 1 heterocycles. The van der Waals surface area contributed by atoms with E-state index in [-0.39, 0.29) is 23.2 Å². The van der Waals surface area contributed by atoms with Gasteiger partial charge < -0.3 is 9.84 Å². The molecule has 1 aliphatic carbocycles. The first-order valence-corrected chi connectivity index (χ1v) is 11.9. The number of rotatable bonds is 7. The molecule has 1 N–H and O–H groups in total. The smallest absolute Gasteiger partial charge is 0.304 e. The van der Waals surface area contributed by atoms with Crippen LogP contribution in [0.25, 0.3) is 0 Å². The molecule has 168 valence electrons. The van der Waals surface area contributed by atoms with Crippen LogP contribution < -0.4 is 4.74 Å². The van der Waals surface area contributed by atoms with Crippen LogP contribution in [0.2, 0.25) is 0 Å². The minimum Gasteiger partial charge on any atom is -0.489 e. The quantitative estimate of drug-likeness (QED) is 0.473. The molecule has 0 amide bonds. The van der Waals surface area contributed by atoms with Crippen molar-refractivity contribution in [1.82, 2.24) is 10.2 Å². The molecule has 0 bridgehead atoms. The minimum atomic E-state index is -0.857. The second kappa shape index (κ2) is 8.66. The van der Waals surface area contributed by atoms with Gasteiger partial charge in [0.15, 0.2) is 0 Å². The van der Waals surface area contributed by atoms with Gasteiger partial charge in [0.1, 0.15) is 22.9 Å². The fourth-order valence-electron chi connectivity index (χ4n) is 4.54. The molecule has 4 rings (SSSR count). The molecule has 1 atom stereocenters. The zero-order chi connectivity index (χ0) is 22.9. The summed E-state index contributed by atoms with van der Waals surface area (Å²) in [6.45, 7) is 9.82. The Bertz CT molecular complexity index is 1090. The van der Waals surface area contributed by atoms with Gasteiger partial charge in [0.2, 0.25) is 0 Å². The van der Waals surface area contributed by atoms with E-state index in [4.69, 9.17) is 4.74 Å². The monoisotopic (exact) mass is 450 g/mol. The number of fused-ring (bicyclic) bond motifs is 1. The van der Waals surface area contributed by atoms with E-state index in [1.807, 2.05) is 24.3 Å². The summed E-state index contributed by atoms with van der Waals surface area (Å²) >= 11 is 1.37. The molecule has 0 fully saturated rings. The summed E-state index contributed by atoms with van der Waals surface area (Å²) in [6, 6.07) is 14.4. The molecule has 0 saturated carbocycles. The maximum absolute atomic E-state index is 11.3. The third-order valence-corrected chi connectivity index (χ3v) is 7.47. The molecular formula is C26H30N2O3S. The average molecular weight is 451 g/mol. The van der Waals surface area contributed by atoms with Crippen LogP contribution in [0.15, 0.2) is 48.0 Å². The predicted octanol–water partition coefficient (Wildman–Crippen LogP) is 6.07. The van der Waals surface area contributed by atoms with Crippen LogP contribution in [-0.4, -0.2) is 21.3 Å². The Kier molecular flexibility index (Phi) is 6.08. The van der Waals surface area contributed by atoms with Gasteiger partial charge in [-0.15, -0.1) is 21.5 Å². The Labute approximate surface area is 193 Å². The van der Waals surface area contributed by atoms with Gasteiger partial charge in [0, 0.05) is 5.92 Å². The molecule has 0 spiro atoms. The molecule has 0 saturated heterocycles. The number of benzene rings is 2. The highest BCUT2D eigenvalue weighted by Crippen LogP contribution is 2.46. The molecule has 5 nitrogen and oxygen atoms in total. The second-order valence-corrected chi connectivity index (χ2v) is 10.8. The SMILES string of the molecule is CC1(C)CCC(C)(C)c2cc(COc3ccc(C(CC(=O)O)c4nncs4)cc3)ccc21. The standard InChI is InChI=1S/C26H30N2O3S/c1-25(2)11-12-26(3,4)22-13-17(5-10-21(22)25)15-31-19-8-6-18(7-9-19)20(14-23(29)30)24-28-27-16-32-24/h5-10,13,16,20H,11-12,14-15H2,1-4H3,(H,29,30). The number of carbonyl (C=O) groups is 1. The van der Waals surface area contributed by atoms with E-state index in [0.29, 0.717) is 11.6 Å². The van der Waals surface area contributed by atoms with E-state index in [1.54, 1.807) is 5.51 Å². The normalized spacial score (nSPS) is 17.4. The fourth-order valence-corrected chi connectivity index (χ4v) is 5.22. The van der Waals surface area contributed by atoms with E-state index in [0.717, 1.165) is 16.9 Å². The van der Waals surface area contributed by atoms with Gasteiger partial charge in [-0.25, -0.2) is 0 Å². The Balaban J connectivity index is 1.49. The molecule has 1 aromatic heterocycles. The lowest BCUT2D eigenvalue weighted by atomic mass is 9.63. The molecule has 1 unspecified atom stereocenters. The molecule has 32 heavy (non-hydrogen) atoms. The highest BCUT2D eigenvalue weighted by Gasteiger charge is 2.36. The molecular weight excluding hydrogens is 420 g/mol. The predicted molar refractivity (Wildman–Crippen MR) is 127 cm³/mol. The summed E-state index contributed by atoms with van der Waals surface area (Å²) < 4.78 is 6.07. The van der Waals surface area contributed by atoms with Crippen molar-refractivity contribution >= 4 is 17.3 Å². The Morgan fingerprint density at radius 1 is 1.06 bits per heavy atom. The number of aromatic nitrogens is 2. The number of hydrogen-bond acceptors (Lipinski definition) is 5. The second-order valence-electron chi connectivity index (χ2n) is 9.93. The first kappa shape index (κ1) is 22.5. The van der Waals surface area contributed by atoms with Crippen molar-refractivity contribution in [3.8, 4) is 5.75 Å². The van der Waals surface area contributed by atoms with Crippen LogP contribution in [-0.2, 0) is 22.2 Å². The Hall–Kier alpha value is -2.73. The lowest BCUT2D eigenvalue weighted by Crippen LogP contribution is -2.33. The largest absolute Gasteiger partial charge is 0.489 e. The van der Waals surface area contributed by atoms with E-state index in [1.165, 1.54) is 35.3 Å². The van der Waals surface area contributed by atoms with Crippen LogP contribution in [0.4, 0.5) is 0 Å². The highest BCUT2D eigenvalue weighted by atomic mass is 32.1. The third kappa shape index (κ3) is 4.70. The van der Waals surface area contributed by atoms with Gasteiger partial charge in [0.25, 0.3) is 0 Å².